The number of alkyl halides is 7. The zero-order valence-corrected chi connectivity index (χ0v) is 16.3. The van der Waals surface area contributed by atoms with Gasteiger partial charge in [-0.2, -0.15) is 18.3 Å². The molecule has 1 aromatic carbocycles. The molecule has 0 aliphatic rings. The third kappa shape index (κ3) is 4.35. The van der Waals surface area contributed by atoms with Crippen LogP contribution < -0.4 is 5.32 Å². The van der Waals surface area contributed by atoms with Gasteiger partial charge in [0, 0.05) is 5.56 Å². The van der Waals surface area contributed by atoms with E-state index < -0.39 is 88.3 Å². The molecule has 16 heteroatoms. The van der Waals surface area contributed by atoms with Crippen molar-refractivity contribution in [1.82, 2.24) is 14.8 Å². The summed E-state index contributed by atoms with van der Waals surface area (Å²) in [5.74, 6) is -12.3. The largest absolute Gasteiger partial charge is 0.422 e. The highest BCUT2D eigenvalue weighted by Gasteiger charge is 2.42. The maximum Gasteiger partial charge on any atom is 0.422 e. The van der Waals surface area contributed by atoms with Crippen molar-refractivity contribution in [2.45, 2.75) is 32.5 Å². The van der Waals surface area contributed by atoms with Crippen LogP contribution in [0.4, 0.5) is 54.0 Å². The maximum atomic E-state index is 14.0. The first kappa shape index (κ1) is 25.2. The maximum absolute atomic E-state index is 14.0. The number of aryl methyl sites for hydroxylation is 1. The van der Waals surface area contributed by atoms with Crippen LogP contribution in [0.5, 0.6) is 0 Å². The molecule has 3 aromatic rings. The molecule has 0 radical (unpaired) electrons. The SMILES string of the molecule is Cc1nn(CC(=O)Nc2c(F)c(F)c(C(F)(F)F)c(F)c2F)c2nc(C(F)F)cc(C(F)F)c12. The third-order valence-electron chi connectivity index (χ3n) is 4.49. The van der Waals surface area contributed by atoms with Crippen LogP contribution in [0.15, 0.2) is 6.07 Å². The van der Waals surface area contributed by atoms with Gasteiger partial charge in [-0.15, -0.1) is 0 Å². The molecule has 0 bridgehead atoms. The Balaban J connectivity index is 2.03. The number of pyridine rings is 1. The van der Waals surface area contributed by atoms with E-state index in [9.17, 15) is 53.1 Å². The van der Waals surface area contributed by atoms with Gasteiger partial charge >= 0.3 is 6.18 Å². The van der Waals surface area contributed by atoms with E-state index in [1.165, 1.54) is 5.32 Å². The third-order valence-corrected chi connectivity index (χ3v) is 4.49. The lowest BCUT2D eigenvalue weighted by molar-refractivity contribution is -0.143. The van der Waals surface area contributed by atoms with Gasteiger partial charge in [0.1, 0.15) is 23.5 Å². The Morgan fingerprint density at radius 2 is 1.56 bits per heavy atom. The highest BCUT2D eigenvalue weighted by atomic mass is 19.4. The van der Waals surface area contributed by atoms with E-state index in [2.05, 4.69) is 10.1 Å². The van der Waals surface area contributed by atoms with E-state index in [0.29, 0.717) is 10.7 Å². The van der Waals surface area contributed by atoms with Crippen molar-refractivity contribution in [3.63, 3.8) is 0 Å². The highest BCUT2D eigenvalue weighted by Crippen LogP contribution is 2.38. The van der Waals surface area contributed by atoms with Crippen molar-refractivity contribution in [1.29, 1.82) is 0 Å². The summed E-state index contributed by atoms with van der Waals surface area (Å²) >= 11 is 0. The lowest BCUT2D eigenvalue weighted by atomic mass is 10.1. The fourth-order valence-electron chi connectivity index (χ4n) is 3.11. The molecule has 34 heavy (non-hydrogen) atoms. The average Bonchev–Trinajstić information content (AvgIpc) is 3.03. The summed E-state index contributed by atoms with van der Waals surface area (Å²) in [7, 11) is 0. The zero-order valence-electron chi connectivity index (χ0n) is 16.3. The van der Waals surface area contributed by atoms with Crippen molar-refractivity contribution < 1.29 is 53.1 Å². The number of aromatic nitrogens is 3. The summed E-state index contributed by atoms with van der Waals surface area (Å²) in [5.41, 5.74) is -7.61. The van der Waals surface area contributed by atoms with Gasteiger partial charge in [-0.25, -0.2) is 44.8 Å². The average molecular weight is 506 g/mol. The first-order valence-electron chi connectivity index (χ1n) is 8.82. The summed E-state index contributed by atoms with van der Waals surface area (Å²) < 4.78 is 147. The van der Waals surface area contributed by atoms with Crippen LogP contribution in [0.2, 0.25) is 0 Å². The predicted molar refractivity (Wildman–Crippen MR) is 92.1 cm³/mol. The monoisotopic (exact) mass is 506 g/mol. The van der Waals surface area contributed by atoms with Crippen molar-refractivity contribution in [3.8, 4) is 0 Å². The number of hydrogen-bond donors (Lipinski definition) is 1. The number of anilines is 1. The van der Waals surface area contributed by atoms with Crippen LogP contribution in [0.25, 0.3) is 11.0 Å². The Hall–Kier alpha value is -3.46. The predicted octanol–water partition coefficient (Wildman–Crippen LogP) is 5.83. The molecule has 5 nitrogen and oxygen atoms in total. The molecule has 2 aromatic heterocycles. The summed E-state index contributed by atoms with van der Waals surface area (Å²) in [6, 6.07) is 0.426. The van der Waals surface area contributed by atoms with Gasteiger partial charge in [-0.1, -0.05) is 0 Å². The minimum absolute atomic E-state index is 0.199. The Morgan fingerprint density at radius 1 is 1.00 bits per heavy atom. The summed E-state index contributed by atoms with van der Waals surface area (Å²) in [6.45, 7) is 0.00213. The molecule has 0 aliphatic heterocycles. The van der Waals surface area contributed by atoms with E-state index in [1.54, 1.807) is 0 Å². The second kappa shape index (κ2) is 8.72. The normalized spacial score (nSPS) is 12.3. The van der Waals surface area contributed by atoms with Gasteiger partial charge in [-0.05, 0) is 13.0 Å². The summed E-state index contributed by atoms with van der Waals surface area (Å²) in [4.78, 5) is 15.6. The molecule has 0 saturated heterocycles. The van der Waals surface area contributed by atoms with Crippen LogP contribution in [0.1, 0.15) is 35.4 Å². The highest BCUT2D eigenvalue weighted by molar-refractivity contribution is 5.92. The van der Waals surface area contributed by atoms with Gasteiger partial charge in [0.25, 0.3) is 12.9 Å². The molecule has 0 aliphatic carbocycles. The molecular formula is C18H9F11N4O. The quantitative estimate of drug-likeness (QED) is 0.350. The molecule has 1 N–H and O–H groups in total. The molecule has 0 saturated carbocycles. The number of carbonyl (C=O) groups is 1. The van der Waals surface area contributed by atoms with Crippen molar-refractivity contribution in [3.05, 3.63) is 51.9 Å². The van der Waals surface area contributed by atoms with E-state index >= 15 is 0 Å². The second-order valence-corrected chi connectivity index (χ2v) is 6.73. The zero-order chi connectivity index (χ0) is 25.7. The van der Waals surface area contributed by atoms with Gasteiger partial charge in [0.05, 0.1) is 11.1 Å². The number of nitrogens with one attached hydrogen (secondary N) is 1. The molecular weight excluding hydrogens is 497 g/mol. The number of halogens is 11. The number of hydrogen-bond acceptors (Lipinski definition) is 3. The molecule has 184 valence electrons. The van der Waals surface area contributed by atoms with Crippen LogP contribution in [0.3, 0.4) is 0 Å². The van der Waals surface area contributed by atoms with Gasteiger partial charge in [-0.3, -0.25) is 4.79 Å². The fourth-order valence-corrected chi connectivity index (χ4v) is 3.11. The van der Waals surface area contributed by atoms with Crippen molar-refractivity contribution in [2.24, 2.45) is 0 Å². The fraction of sp³-hybridized carbons (Fsp3) is 0.278. The Labute approximate surface area is 181 Å². The van der Waals surface area contributed by atoms with Crippen LogP contribution in [-0.4, -0.2) is 20.7 Å². The Morgan fingerprint density at radius 3 is 2.03 bits per heavy atom. The Bertz CT molecular complexity index is 1250. The van der Waals surface area contributed by atoms with Crippen LogP contribution in [0, 0.1) is 30.2 Å². The topological polar surface area (TPSA) is 59.8 Å². The molecule has 0 fully saturated rings. The van der Waals surface area contributed by atoms with Crippen LogP contribution in [-0.2, 0) is 17.5 Å². The molecule has 3 rings (SSSR count). The number of carbonyl (C=O) groups excluding carboxylic acids is 1. The summed E-state index contributed by atoms with van der Waals surface area (Å²) in [6.07, 6.45) is -12.4. The molecule has 0 atom stereocenters. The summed E-state index contributed by atoms with van der Waals surface area (Å²) in [5, 5.41) is 4.58. The standard InChI is InChI=1S/C18H9F11N4O/c1-4-8-5(15(23)24)2-6(16(25)26)30-17(8)33(32-4)3-7(34)31-14-12(21)10(19)9(18(27,28)29)11(20)13(14)22/h2,15-16H,3H2,1H3,(H,31,34). The molecule has 0 spiro atoms. The van der Waals surface area contributed by atoms with Crippen molar-refractivity contribution in [2.75, 3.05) is 5.32 Å². The van der Waals surface area contributed by atoms with E-state index in [1.807, 2.05) is 0 Å². The number of amides is 1. The number of nitrogens with zero attached hydrogens (tertiary/aromatic N) is 3. The Kier molecular flexibility index (Phi) is 6.45. The number of rotatable bonds is 5. The lowest BCUT2D eigenvalue weighted by Gasteiger charge is -2.14. The van der Waals surface area contributed by atoms with E-state index in [0.717, 1.165) is 6.92 Å². The number of benzene rings is 1. The molecule has 2 heterocycles. The van der Waals surface area contributed by atoms with Gasteiger partial charge in [0.15, 0.2) is 28.9 Å². The molecule has 0 unspecified atom stereocenters. The smallest absolute Gasteiger partial charge is 0.319 e. The van der Waals surface area contributed by atoms with E-state index in [-0.39, 0.29) is 5.69 Å². The van der Waals surface area contributed by atoms with Gasteiger partial charge in [0.2, 0.25) is 5.91 Å². The lowest BCUT2D eigenvalue weighted by Crippen LogP contribution is -2.23. The minimum atomic E-state index is -5.81. The van der Waals surface area contributed by atoms with Gasteiger partial charge < -0.3 is 5.32 Å². The van der Waals surface area contributed by atoms with Crippen LogP contribution >= 0.6 is 0 Å². The van der Waals surface area contributed by atoms with Crippen molar-refractivity contribution >= 4 is 22.6 Å². The second-order valence-electron chi connectivity index (χ2n) is 6.73. The minimum Gasteiger partial charge on any atom is -0.319 e. The first-order valence-corrected chi connectivity index (χ1v) is 8.82. The number of fused-ring (bicyclic) bond motifs is 1. The van der Waals surface area contributed by atoms with E-state index in [4.69, 9.17) is 0 Å². The first-order chi connectivity index (χ1) is 15.6. The molecule has 1 amide bonds.